The van der Waals surface area contributed by atoms with Crippen LogP contribution in [0.3, 0.4) is 0 Å². The zero-order valence-electron chi connectivity index (χ0n) is 11.1. The Kier molecular flexibility index (Phi) is 3.69. The SMILES string of the molecule is C[C@@H]1CN=C(Cc2ccsc2C2CCCCC2)N1. The van der Waals surface area contributed by atoms with E-state index in [1.165, 1.54) is 43.5 Å². The van der Waals surface area contributed by atoms with E-state index in [0.717, 1.165) is 18.9 Å². The Hall–Kier alpha value is -0.830. The van der Waals surface area contributed by atoms with Crippen LogP contribution in [0.1, 0.15) is 55.4 Å². The lowest BCUT2D eigenvalue weighted by atomic mass is 9.86. The second kappa shape index (κ2) is 5.43. The normalized spacial score (nSPS) is 24.9. The van der Waals surface area contributed by atoms with Crippen molar-refractivity contribution in [3.8, 4) is 0 Å². The zero-order valence-corrected chi connectivity index (χ0v) is 11.9. The molecule has 1 aliphatic carbocycles. The molecule has 0 radical (unpaired) electrons. The van der Waals surface area contributed by atoms with Gasteiger partial charge in [-0.25, -0.2) is 0 Å². The highest BCUT2D eigenvalue weighted by atomic mass is 32.1. The number of thiophene rings is 1. The van der Waals surface area contributed by atoms with E-state index in [1.807, 2.05) is 11.3 Å². The molecule has 2 nitrogen and oxygen atoms in total. The van der Waals surface area contributed by atoms with Crippen LogP contribution < -0.4 is 5.32 Å². The highest BCUT2D eigenvalue weighted by Gasteiger charge is 2.21. The fraction of sp³-hybridized carbons (Fsp3) is 0.667. The van der Waals surface area contributed by atoms with E-state index in [0.29, 0.717) is 6.04 Å². The molecule has 1 aromatic heterocycles. The first kappa shape index (κ1) is 12.2. The van der Waals surface area contributed by atoms with Gasteiger partial charge in [-0.1, -0.05) is 19.3 Å². The van der Waals surface area contributed by atoms with Gasteiger partial charge in [0.1, 0.15) is 5.84 Å². The summed E-state index contributed by atoms with van der Waals surface area (Å²) in [4.78, 5) is 6.23. The molecule has 0 unspecified atom stereocenters. The molecule has 0 bridgehead atoms. The first-order chi connectivity index (χ1) is 8.83. The van der Waals surface area contributed by atoms with Gasteiger partial charge in [0.2, 0.25) is 0 Å². The first-order valence-electron chi connectivity index (χ1n) is 7.19. The summed E-state index contributed by atoms with van der Waals surface area (Å²) >= 11 is 1.96. The predicted octanol–water partition coefficient (Wildman–Crippen LogP) is 3.73. The fourth-order valence-electron chi connectivity index (χ4n) is 3.13. The van der Waals surface area contributed by atoms with Crippen LogP contribution in [-0.4, -0.2) is 18.4 Å². The smallest absolute Gasteiger partial charge is 0.101 e. The van der Waals surface area contributed by atoms with Crippen molar-refractivity contribution in [3.63, 3.8) is 0 Å². The Morgan fingerprint density at radius 2 is 2.17 bits per heavy atom. The van der Waals surface area contributed by atoms with Crippen LogP contribution in [0, 0.1) is 0 Å². The van der Waals surface area contributed by atoms with E-state index in [1.54, 1.807) is 4.88 Å². The molecule has 2 heterocycles. The van der Waals surface area contributed by atoms with E-state index in [9.17, 15) is 0 Å². The Bertz CT molecular complexity index is 429. The molecule has 18 heavy (non-hydrogen) atoms. The Morgan fingerprint density at radius 3 is 2.89 bits per heavy atom. The summed E-state index contributed by atoms with van der Waals surface area (Å²) in [7, 11) is 0. The first-order valence-corrected chi connectivity index (χ1v) is 8.07. The third-order valence-electron chi connectivity index (χ3n) is 4.08. The standard InChI is InChI=1S/C15H22N2S/c1-11-10-16-14(17-11)9-13-7-8-18-15(13)12-5-3-2-4-6-12/h7-8,11-12H,2-6,9-10H2,1H3,(H,16,17)/t11-/m1/s1. The third-order valence-corrected chi connectivity index (χ3v) is 5.21. The summed E-state index contributed by atoms with van der Waals surface area (Å²) in [5.41, 5.74) is 1.52. The molecular formula is C15H22N2S. The molecule has 2 aliphatic rings. The van der Waals surface area contributed by atoms with Crippen molar-refractivity contribution in [2.24, 2.45) is 4.99 Å². The van der Waals surface area contributed by atoms with Crippen molar-refractivity contribution in [2.45, 2.75) is 57.4 Å². The summed E-state index contributed by atoms with van der Waals surface area (Å²) in [6.45, 7) is 3.14. The van der Waals surface area contributed by atoms with E-state index >= 15 is 0 Å². The molecule has 0 spiro atoms. The maximum Gasteiger partial charge on any atom is 0.101 e. The molecular weight excluding hydrogens is 240 g/mol. The van der Waals surface area contributed by atoms with Gasteiger partial charge >= 0.3 is 0 Å². The minimum Gasteiger partial charge on any atom is -0.369 e. The second-order valence-corrected chi connectivity index (χ2v) is 6.60. The number of nitrogens with zero attached hydrogens (tertiary/aromatic N) is 1. The lowest BCUT2D eigenvalue weighted by Crippen LogP contribution is -2.28. The molecule has 0 saturated heterocycles. The van der Waals surface area contributed by atoms with Crippen LogP contribution in [0.2, 0.25) is 0 Å². The third kappa shape index (κ3) is 2.61. The summed E-state index contributed by atoms with van der Waals surface area (Å²) in [6.07, 6.45) is 8.06. The van der Waals surface area contributed by atoms with E-state index in [-0.39, 0.29) is 0 Å². The minimum absolute atomic E-state index is 0.525. The van der Waals surface area contributed by atoms with Crippen molar-refractivity contribution in [1.29, 1.82) is 0 Å². The predicted molar refractivity (Wildman–Crippen MR) is 78.7 cm³/mol. The number of hydrogen-bond acceptors (Lipinski definition) is 3. The number of rotatable bonds is 3. The lowest BCUT2D eigenvalue weighted by molar-refractivity contribution is 0.447. The molecule has 0 aromatic carbocycles. The Labute approximate surface area is 114 Å². The average molecular weight is 262 g/mol. The zero-order chi connectivity index (χ0) is 12.4. The minimum atomic E-state index is 0.525. The number of nitrogens with one attached hydrogen (secondary N) is 1. The topological polar surface area (TPSA) is 24.4 Å². The van der Waals surface area contributed by atoms with Crippen LogP contribution in [0.15, 0.2) is 16.4 Å². The summed E-state index contributed by atoms with van der Waals surface area (Å²) in [5, 5.41) is 5.74. The molecule has 1 fully saturated rings. The van der Waals surface area contributed by atoms with Gasteiger partial charge in [0.05, 0.1) is 6.54 Å². The van der Waals surface area contributed by atoms with Crippen molar-refractivity contribution in [3.05, 3.63) is 21.9 Å². The van der Waals surface area contributed by atoms with Crippen LogP contribution in [0.4, 0.5) is 0 Å². The van der Waals surface area contributed by atoms with E-state index in [2.05, 4.69) is 28.7 Å². The average Bonchev–Trinajstić information content (AvgIpc) is 3.00. The van der Waals surface area contributed by atoms with Gasteiger partial charge in [0, 0.05) is 17.3 Å². The number of amidine groups is 1. The molecule has 98 valence electrons. The summed E-state index contributed by atoms with van der Waals surface area (Å²) in [6, 6.07) is 2.83. The molecule has 1 saturated carbocycles. The van der Waals surface area contributed by atoms with Crippen LogP contribution in [0.25, 0.3) is 0 Å². The van der Waals surface area contributed by atoms with Crippen LogP contribution >= 0.6 is 11.3 Å². The van der Waals surface area contributed by atoms with Crippen molar-refractivity contribution < 1.29 is 0 Å². The monoisotopic (exact) mass is 262 g/mol. The van der Waals surface area contributed by atoms with Gasteiger partial charge in [0.25, 0.3) is 0 Å². The molecule has 1 N–H and O–H groups in total. The molecule has 0 amide bonds. The molecule has 1 aromatic rings. The van der Waals surface area contributed by atoms with Gasteiger partial charge in [-0.3, -0.25) is 4.99 Å². The Morgan fingerprint density at radius 1 is 1.33 bits per heavy atom. The van der Waals surface area contributed by atoms with Gasteiger partial charge < -0.3 is 5.32 Å². The second-order valence-electron chi connectivity index (χ2n) is 5.65. The van der Waals surface area contributed by atoms with Crippen molar-refractivity contribution >= 4 is 17.2 Å². The van der Waals surface area contributed by atoms with Gasteiger partial charge in [0.15, 0.2) is 0 Å². The van der Waals surface area contributed by atoms with Crippen LogP contribution in [0.5, 0.6) is 0 Å². The number of aliphatic imine (C=N–C) groups is 1. The highest BCUT2D eigenvalue weighted by molar-refractivity contribution is 7.10. The Balaban J connectivity index is 1.71. The maximum absolute atomic E-state index is 4.59. The fourth-order valence-corrected chi connectivity index (χ4v) is 4.23. The summed E-state index contributed by atoms with van der Waals surface area (Å²) < 4.78 is 0. The summed E-state index contributed by atoms with van der Waals surface area (Å²) in [5.74, 6) is 2.02. The van der Waals surface area contributed by atoms with Gasteiger partial charge in [-0.15, -0.1) is 11.3 Å². The lowest BCUT2D eigenvalue weighted by Gasteiger charge is -2.22. The van der Waals surface area contributed by atoms with Crippen molar-refractivity contribution in [1.82, 2.24) is 5.32 Å². The molecule has 1 atom stereocenters. The maximum atomic E-state index is 4.59. The molecule has 1 aliphatic heterocycles. The van der Waals surface area contributed by atoms with E-state index in [4.69, 9.17) is 0 Å². The van der Waals surface area contributed by atoms with Gasteiger partial charge in [-0.2, -0.15) is 0 Å². The molecule has 3 heteroatoms. The van der Waals surface area contributed by atoms with Gasteiger partial charge in [-0.05, 0) is 42.7 Å². The van der Waals surface area contributed by atoms with E-state index < -0.39 is 0 Å². The van der Waals surface area contributed by atoms with Crippen molar-refractivity contribution in [2.75, 3.05) is 6.54 Å². The number of hydrogen-bond donors (Lipinski definition) is 1. The quantitative estimate of drug-likeness (QED) is 0.882. The highest BCUT2D eigenvalue weighted by Crippen LogP contribution is 2.37. The van der Waals surface area contributed by atoms with Crippen LogP contribution in [-0.2, 0) is 6.42 Å². The molecule has 3 rings (SSSR count). The largest absolute Gasteiger partial charge is 0.369 e.